The van der Waals surface area contributed by atoms with Crippen LogP contribution in [0.5, 0.6) is 0 Å². The number of ether oxygens (including phenoxy) is 1. The number of hydrogen-bond acceptors (Lipinski definition) is 5. The summed E-state index contributed by atoms with van der Waals surface area (Å²) in [6.45, 7) is 7.61. The van der Waals surface area contributed by atoms with Crippen LogP contribution in [0.1, 0.15) is 40.0 Å². The molecule has 0 aliphatic carbocycles. The summed E-state index contributed by atoms with van der Waals surface area (Å²) in [5.74, 6) is 0.519. The summed E-state index contributed by atoms with van der Waals surface area (Å²) in [4.78, 5) is 30.7. The summed E-state index contributed by atoms with van der Waals surface area (Å²) in [5.41, 5.74) is 1.27. The normalized spacial score (nSPS) is 22.5. The van der Waals surface area contributed by atoms with E-state index in [1.165, 1.54) is 7.11 Å². The van der Waals surface area contributed by atoms with E-state index in [-0.39, 0.29) is 30.5 Å². The Balaban J connectivity index is 1.81. The number of nitrogens with zero attached hydrogens (tertiary/aromatic N) is 2. The minimum Gasteiger partial charge on any atom is -0.469 e. The van der Waals surface area contributed by atoms with Crippen LogP contribution in [0.25, 0.3) is 0 Å². The molecule has 0 bridgehead atoms. The number of carbonyl (C=O) groups is 2. The van der Waals surface area contributed by atoms with Crippen molar-refractivity contribution >= 4 is 29.2 Å². The molecule has 1 atom stereocenters. The second kappa shape index (κ2) is 8.31. The van der Waals surface area contributed by atoms with Crippen LogP contribution in [-0.4, -0.2) is 60.6 Å². The molecule has 0 aromatic heterocycles. The number of nitrogens with one attached hydrogen (secondary N) is 3. The standard InChI is InChI=1S/C21H31N5O3/c1-20(2,3)25-18-21(24-16-9-6-5-8-15(16)23-18)11-7-13-26(14-21)19(28)22-12-10-17(27)29-4/h5-6,8-9,24H,7,10-14H2,1-4H3,(H,22,28)(H,23,25)/t21-/m1/s1. The van der Waals surface area contributed by atoms with Gasteiger partial charge in [0.15, 0.2) is 0 Å². The predicted octanol–water partition coefficient (Wildman–Crippen LogP) is 2.83. The zero-order valence-corrected chi connectivity index (χ0v) is 17.7. The summed E-state index contributed by atoms with van der Waals surface area (Å²) in [5, 5.41) is 9.99. The van der Waals surface area contributed by atoms with Crippen molar-refractivity contribution < 1.29 is 14.3 Å². The lowest BCUT2D eigenvalue weighted by Crippen LogP contribution is -2.63. The number of amidine groups is 1. The Morgan fingerprint density at radius 3 is 2.69 bits per heavy atom. The lowest BCUT2D eigenvalue weighted by Gasteiger charge is -2.47. The second-order valence-corrected chi connectivity index (χ2v) is 8.59. The van der Waals surface area contributed by atoms with Crippen molar-refractivity contribution in [3.8, 4) is 0 Å². The minimum absolute atomic E-state index is 0.158. The lowest BCUT2D eigenvalue weighted by molar-refractivity contribution is -0.140. The molecule has 1 saturated heterocycles. The maximum Gasteiger partial charge on any atom is 0.317 e. The number of aliphatic imine (C=N–C) groups is 1. The van der Waals surface area contributed by atoms with Crippen LogP contribution in [-0.2, 0) is 9.53 Å². The van der Waals surface area contributed by atoms with Crippen LogP contribution < -0.4 is 16.0 Å². The lowest BCUT2D eigenvalue weighted by atomic mass is 9.85. The third kappa shape index (κ3) is 4.99. The third-order valence-electron chi connectivity index (χ3n) is 5.07. The first-order valence-corrected chi connectivity index (χ1v) is 10.1. The Morgan fingerprint density at radius 2 is 2.00 bits per heavy atom. The van der Waals surface area contributed by atoms with Gasteiger partial charge < -0.3 is 25.6 Å². The average Bonchev–Trinajstić information content (AvgIpc) is 2.67. The van der Waals surface area contributed by atoms with E-state index in [1.54, 1.807) is 4.90 Å². The zero-order valence-electron chi connectivity index (χ0n) is 17.7. The quantitative estimate of drug-likeness (QED) is 0.677. The number of esters is 1. The topological polar surface area (TPSA) is 95.1 Å². The van der Waals surface area contributed by atoms with E-state index in [1.807, 2.05) is 24.3 Å². The minimum atomic E-state index is -0.473. The number of anilines is 2. The molecule has 1 spiro atoms. The maximum absolute atomic E-state index is 12.7. The molecule has 3 N–H and O–H groups in total. The number of hydrogen-bond donors (Lipinski definition) is 3. The van der Waals surface area contributed by atoms with E-state index < -0.39 is 5.54 Å². The highest BCUT2D eigenvalue weighted by atomic mass is 16.5. The summed E-state index contributed by atoms with van der Waals surface area (Å²) < 4.78 is 4.62. The molecule has 0 radical (unpaired) electrons. The summed E-state index contributed by atoms with van der Waals surface area (Å²) in [7, 11) is 1.34. The molecule has 8 nitrogen and oxygen atoms in total. The molecule has 2 aliphatic heterocycles. The number of likely N-dealkylation sites (tertiary alicyclic amines) is 1. The van der Waals surface area contributed by atoms with Crippen molar-refractivity contribution in [2.45, 2.75) is 51.1 Å². The van der Waals surface area contributed by atoms with Gasteiger partial charge in [0.2, 0.25) is 0 Å². The fourth-order valence-electron chi connectivity index (χ4n) is 3.75. The smallest absolute Gasteiger partial charge is 0.317 e. The molecular weight excluding hydrogens is 370 g/mol. The van der Waals surface area contributed by atoms with E-state index in [0.29, 0.717) is 13.1 Å². The number of rotatable bonds is 3. The van der Waals surface area contributed by atoms with Gasteiger partial charge in [0, 0.05) is 13.1 Å². The van der Waals surface area contributed by atoms with Gasteiger partial charge in [0.25, 0.3) is 0 Å². The van der Waals surface area contributed by atoms with Gasteiger partial charge in [-0.3, -0.25) is 9.79 Å². The van der Waals surface area contributed by atoms with Gasteiger partial charge in [-0.1, -0.05) is 12.1 Å². The molecule has 3 rings (SSSR count). The number of piperidine rings is 1. The van der Waals surface area contributed by atoms with Gasteiger partial charge in [-0.2, -0.15) is 0 Å². The number of urea groups is 1. The summed E-state index contributed by atoms with van der Waals surface area (Å²) >= 11 is 0. The molecule has 0 unspecified atom stereocenters. The number of methoxy groups -OCH3 is 1. The summed E-state index contributed by atoms with van der Waals surface area (Å²) in [6.07, 6.45) is 1.88. The van der Waals surface area contributed by atoms with E-state index in [9.17, 15) is 9.59 Å². The largest absolute Gasteiger partial charge is 0.469 e. The molecule has 2 aliphatic rings. The van der Waals surface area contributed by atoms with Crippen LogP contribution >= 0.6 is 0 Å². The first-order valence-electron chi connectivity index (χ1n) is 10.1. The van der Waals surface area contributed by atoms with Crippen LogP contribution in [0.4, 0.5) is 16.2 Å². The monoisotopic (exact) mass is 401 g/mol. The molecular formula is C21H31N5O3. The molecule has 1 fully saturated rings. The van der Waals surface area contributed by atoms with Gasteiger partial charge >= 0.3 is 12.0 Å². The van der Waals surface area contributed by atoms with Crippen molar-refractivity contribution in [1.82, 2.24) is 10.2 Å². The van der Waals surface area contributed by atoms with E-state index in [2.05, 4.69) is 41.5 Å². The van der Waals surface area contributed by atoms with E-state index in [4.69, 9.17) is 4.99 Å². The number of benzene rings is 1. The fourth-order valence-corrected chi connectivity index (χ4v) is 3.75. The van der Waals surface area contributed by atoms with E-state index >= 15 is 0 Å². The van der Waals surface area contributed by atoms with E-state index in [0.717, 1.165) is 30.1 Å². The SMILES string of the molecule is COC(=O)CCNC(=O)N1CCC[C@]2(C1)Nc1ccccc1NC2=NC(C)(C)C. The average molecular weight is 402 g/mol. The van der Waals surface area contributed by atoms with Gasteiger partial charge in [0.1, 0.15) is 11.4 Å². The van der Waals surface area contributed by atoms with Crippen molar-refractivity contribution in [1.29, 1.82) is 0 Å². The Morgan fingerprint density at radius 1 is 1.28 bits per heavy atom. The predicted molar refractivity (Wildman–Crippen MR) is 114 cm³/mol. The number of fused-ring (bicyclic) bond motifs is 1. The number of amides is 2. The molecule has 2 amide bonds. The van der Waals surface area contributed by atoms with Gasteiger partial charge in [0.05, 0.1) is 37.0 Å². The van der Waals surface area contributed by atoms with Crippen molar-refractivity contribution in [2.75, 3.05) is 37.4 Å². The second-order valence-electron chi connectivity index (χ2n) is 8.59. The first-order chi connectivity index (χ1) is 13.7. The van der Waals surface area contributed by atoms with Gasteiger partial charge in [-0.25, -0.2) is 4.79 Å². The van der Waals surface area contributed by atoms with Gasteiger partial charge in [-0.05, 0) is 45.7 Å². The van der Waals surface area contributed by atoms with Crippen LogP contribution in [0, 0.1) is 0 Å². The summed E-state index contributed by atoms with van der Waals surface area (Å²) in [6, 6.07) is 7.86. The van der Waals surface area contributed by atoms with Crippen LogP contribution in [0.3, 0.4) is 0 Å². The highest BCUT2D eigenvalue weighted by Crippen LogP contribution is 2.36. The van der Waals surface area contributed by atoms with Crippen LogP contribution in [0.15, 0.2) is 29.3 Å². The highest BCUT2D eigenvalue weighted by Gasteiger charge is 2.45. The molecule has 2 heterocycles. The van der Waals surface area contributed by atoms with Crippen molar-refractivity contribution in [3.63, 3.8) is 0 Å². The first kappa shape index (κ1) is 21.0. The highest BCUT2D eigenvalue weighted by molar-refractivity contribution is 6.10. The van der Waals surface area contributed by atoms with Crippen molar-refractivity contribution in [2.24, 2.45) is 4.99 Å². The Hall–Kier alpha value is -2.77. The molecule has 29 heavy (non-hydrogen) atoms. The molecule has 1 aromatic carbocycles. The fraction of sp³-hybridized carbons (Fsp3) is 0.571. The molecule has 8 heteroatoms. The molecule has 158 valence electrons. The van der Waals surface area contributed by atoms with Crippen molar-refractivity contribution in [3.05, 3.63) is 24.3 Å². The Bertz CT molecular complexity index is 802. The zero-order chi connectivity index (χ0) is 21.1. The molecule has 1 aromatic rings. The Labute approximate surface area is 172 Å². The number of carbonyl (C=O) groups excluding carboxylic acids is 2. The molecule has 0 saturated carbocycles. The number of para-hydroxylation sites is 2. The van der Waals surface area contributed by atoms with Gasteiger partial charge in [-0.15, -0.1) is 0 Å². The van der Waals surface area contributed by atoms with Crippen LogP contribution in [0.2, 0.25) is 0 Å². The Kier molecular flexibility index (Phi) is 6.00. The maximum atomic E-state index is 12.7. The third-order valence-corrected chi connectivity index (χ3v) is 5.07.